The summed E-state index contributed by atoms with van der Waals surface area (Å²) in [5.74, 6) is -0.925. The quantitative estimate of drug-likeness (QED) is 0.346. The average molecular weight is 386 g/mol. The molecule has 0 spiro atoms. The van der Waals surface area contributed by atoms with E-state index in [2.05, 4.69) is 20.7 Å². The first kappa shape index (κ1) is 17.4. The van der Waals surface area contributed by atoms with Crippen molar-refractivity contribution in [3.05, 3.63) is 69.7 Å². The van der Waals surface area contributed by atoms with Crippen molar-refractivity contribution in [3.63, 3.8) is 0 Å². The molecule has 0 heterocycles. The number of hydrogen-bond donors (Lipinski definition) is 0. The smallest absolute Gasteiger partial charge is 0.348 e. The normalized spacial score (nSPS) is 10.6. The minimum Gasteiger partial charge on any atom is -0.465 e. The first-order valence-electron chi connectivity index (χ1n) is 6.81. The summed E-state index contributed by atoms with van der Waals surface area (Å²) < 4.78 is 10.7. The molecule has 0 saturated carbocycles. The van der Waals surface area contributed by atoms with Gasteiger partial charge in [-0.2, -0.15) is 5.26 Å². The van der Waals surface area contributed by atoms with Gasteiger partial charge in [-0.05, 0) is 48.0 Å². The first-order chi connectivity index (χ1) is 11.5. The van der Waals surface area contributed by atoms with E-state index in [1.165, 1.54) is 13.2 Å². The lowest BCUT2D eigenvalue weighted by molar-refractivity contribution is -0.135. The number of halogens is 1. The van der Waals surface area contributed by atoms with Crippen LogP contribution in [-0.2, 0) is 9.53 Å². The number of ether oxygens (including phenoxy) is 2. The lowest BCUT2D eigenvalue weighted by Gasteiger charge is -2.05. The zero-order valence-corrected chi connectivity index (χ0v) is 14.2. The van der Waals surface area contributed by atoms with Crippen molar-refractivity contribution in [2.45, 2.75) is 0 Å². The molecular formula is C18H12BrNO4. The Morgan fingerprint density at radius 2 is 1.88 bits per heavy atom. The van der Waals surface area contributed by atoms with Crippen LogP contribution in [0.3, 0.4) is 0 Å². The molecule has 0 N–H and O–H groups in total. The Balaban J connectivity index is 2.20. The number of carbonyl (C=O) groups excluding carboxylic acids is 2. The van der Waals surface area contributed by atoms with Crippen LogP contribution in [0.15, 0.2) is 58.6 Å². The number of rotatable bonds is 4. The number of esters is 2. The van der Waals surface area contributed by atoms with Crippen molar-refractivity contribution in [2.75, 3.05) is 7.11 Å². The maximum absolute atomic E-state index is 12.1. The fourth-order valence-electron chi connectivity index (χ4n) is 1.83. The van der Waals surface area contributed by atoms with Crippen LogP contribution in [-0.4, -0.2) is 19.0 Å². The fraction of sp³-hybridized carbons (Fsp3) is 0.0556. The highest BCUT2D eigenvalue weighted by atomic mass is 79.9. The van der Waals surface area contributed by atoms with Crippen molar-refractivity contribution in [2.24, 2.45) is 0 Å². The highest BCUT2D eigenvalue weighted by Crippen LogP contribution is 2.18. The lowest BCUT2D eigenvalue weighted by Crippen LogP contribution is -2.08. The molecule has 0 bridgehead atoms. The second-order valence-corrected chi connectivity index (χ2v) is 5.55. The van der Waals surface area contributed by atoms with Crippen molar-refractivity contribution >= 4 is 33.9 Å². The van der Waals surface area contributed by atoms with Gasteiger partial charge in [0.05, 0.1) is 12.7 Å². The molecule has 6 heteroatoms. The number of nitriles is 1. The monoisotopic (exact) mass is 385 g/mol. The second kappa shape index (κ2) is 8.09. The fourth-order valence-corrected chi connectivity index (χ4v) is 2.10. The van der Waals surface area contributed by atoms with E-state index < -0.39 is 11.9 Å². The van der Waals surface area contributed by atoms with Gasteiger partial charge in [-0.1, -0.05) is 28.1 Å². The molecule has 120 valence electrons. The van der Waals surface area contributed by atoms with Gasteiger partial charge in [0.25, 0.3) is 0 Å². The molecule has 0 radical (unpaired) electrons. The molecule has 0 fully saturated rings. The Labute approximate surface area is 147 Å². The Morgan fingerprint density at radius 3 is 2.50 bits per heavy atom. The predicted molar refractivity (Wildman–Crippen MR) is 91.1 cm³/mol. The second-order valence-electron chi connectivity index (χ2n) is 4.63. The average Bonchev–Trinajstić information content (AvgIpc) is 2.59. The number of carbonyl (C=O) groups is 2. The molecule has 0 aromatic heterocycles. The standard InChI is InChI=1S/C18H12BrNO4/c1-23-17(21)14(11-20)9-12-3-2-4-16(10-12)24-18(22)13-5-7-15(19)8-6-13/h2-10H,1H3/b14-9+. The summed E-state index contributed by atoms with van der Waals surface area (Å²) in [5.41, 5.74) is 0.804. The summed E-state index contributed by atoms with van der Waals surface area (Å²) in [7, 11) is 1.20. The van der Waals surface area contributed by atoms with Crippen LogP contribution >= 0.6 is 15.9 Å². The third kappa shape index (κ3) is 4.54. The van der Waals surface area contributed by atoms with Gasteiger partial charge in [0.1, 0.15) is 17.4 Å². The van der Waals surface area contributed by atoms with Gasteiger partial charge in [-0.3, -0.25) is 0 Å². The Morgan fingerprint density at radius 1 is 1.17 bits per heavy atom. The van der Waals surface area contributed by atoms with Crippen molar-refractivity contribution in [1.82, 2.24) is 0 Å². The van der Waals surface area contributed by atoms with Crippen LogP contribution in [0.1, 0.15) is 15.9 Å². The molecule has 0 aliphatic rings. The van der Waals surface area contributed by atoms with Crippen molar-refractivity contribution in [1.29, 1.82) is 5.26 Å². The van der Waals surface area contributed by atoms with E-state index in [1.54, 1.807) is 54.6 Å². The molecular weight excluding hydrogens is 374 g/mol. The van der Waals surface area contributed by atoms with E-state index >= 15 is 0 Å². The first-order valence-corrected chi connectivity index (χ1v) is 7.60. The molecule has 0 unspecified atom stereocenters. The topological polar surface area (TPSA) is 76.4 Å². The summed E-state index contributed by atoms with van der Waals surface area (Å²) in [6.45, 7) is 0. The molecule has 2 aromatic carbocycles. The summed E-state index contributed by atoms with van der Waals surface area (Å²) >= 11 is 3.30. The zero-order chi connectivity index (χ0) is 17.5. The molecule has 24 heavy (non-hydrogen) atoms. The van der Waals surface area contributed by atoms with E-state index in [0.717, 1.165) is 4.47 Å². The van der Waals surface area contributed by atoms with Crippen LogP contribution < -0.4 is 4.74 Å². The Kier molecular flexibility index (Phi) is 5.88. The molecule has 2 rings (SSSR count). The maximum Gasteiger partial charge on any atom is 0.348 e. The summed E-state index contributed by atoms with van der Waals surface area (Å²) in [6.07, 6.45) is 1.36. The van der Waals surface area contributed by atoms with Crippen LogP contribution in [0.2, 0.25) is 0 Å². The van der Waals surface area contributed by atoms with Gasteiger partial charge in [0.2, 0.25) is 0 Å². The number of nitrogens with zero attached hydrogens (tertiary/aromatic N) is 1. The largest absolute Gasteiger partial charge is 0.465 e. The maximum atomic E-state index is 12.1. The van der Waals surface area contributed by atoms with Gasteiger partial charge in [-0.15, -0.1) is 0 Å². The van der Waals surface area contributed by atoms with E-state index in [9.17, 15) is 9.59 Å². The third-order valence-corrected chi connectivity index (χ3v) is 3.51. The van der Waals surface area contributed by atoms with Gasteiger partial charge in [0.15, 0.2) is 0 Å². The van der Waals surface area contributed by atoms with E-state index in [-0.39, 0.29) is 5.57 Å². The van der Waals surface area contributed by atoms with Gasteiger partial charge < -0.3 is 9.47 Å². The number of benzene rings is 2. The summed E-state index contributed by atoms with van der Waals surface area (Å²) in [4.78, 5) is 23.5. The molecule has 5 nitrogen and oxygen atoms in total. The van der Waals surface area contributed by atoms with Crippen LogP contribution in [0.4, 0.5) is 0 Å². The number of hydrogen-bond acceptors (Lipinski definition) is 5. The van der Waals surface area contributed by atoms with Gasteiger partial charge >= 0.3 is 11.9 Å². The van der Waals surface area contributed by atoms with Crippen molar-refractivity contribution in [3.8, 4) is 11.8 Å². The highest BCUT2D eigenvalue weighted by molar-refractivity contribution is 9.10. The molecule has 2 aromatic rings. The molecule has 0 aliphatic heterocycles. The van der Waals surface area contributed by atoms with E-state index in [4.69, 9.17) is 10.00 Å². The molecule has 0 amide bonds. The lowest BCUT2D eigenvalue weighted by atomic mass is 10.1. The van der Waals surface area contributed by atoms with Gasteiger partial charge in [0, 0.05) is 4.47 Å². The number of methoxy groups -OCH3 is 1. The SMILES string of the molecule is COC(=O)/C(C#N)=C/c1cccc(OC(=O)c2ccc(Br)cc2)c1. The zero-order valence-electron chi connectivity index (χ0n) is 12.7. The predicted octanol–water partition coefficient (Wildman–Crippen LogP) is 3.75. The third-order valence-electron chi connectivity index (χ3n) is 2.99. The molecule has 0 saturated heterocycles. The van der Waals surface area contributed by atoms with Crippen molar-refractivity contribution < 1.29 is 19.1 Å². The summed E-state index contributed by atoms with van der Waals surface area (Å²) in [6, 6.07) is 15.0. The van der Waals surface area contributed by atoms with Crippen LogP contribution in [0, 0.1) is 11.3 Å². The van der Waals surface area contributed by atoms with E-state index in [1.807, 2.05) is 0 Å². The minimum absolute atomic E-state index is 0.145. The minimum atomic E-state index is -0.727. The van der Waals surface area contributed by atoms with Gasteiger partial charge in [-0.25, -0.2) is 9.59 Å². The summed E-state index contributed by atoms with van der Waals surface area (Å²) in [5, 5.41) is 8.97. The highest BCUT2D eigenvalue weighted by Gasteiger charge is 2.11. The molecule has 0 atom stereocenters. The van der Waals surface area contributed by atoms with Crippen LogP contribution in [0.5, 0.6) is 5.75 Å². The van der Waals surface area contributed by atoms with E-state index in [0.29, 0.717) is 16.9 Å². The van der Waals surface area contributed by atoms with Crippen LogP contribution in [0.25, 0.3) is 6.08 Å². The molecule has 0 aliphatic carbocycles. The Bertz CT molecular complexity index is 835. The Hall–Kier alpha value is -2.91.